The third-order valence-electron chi connectivity index (χ3n) is 3.09. The van der Waals surface area contributed by atoms with E-state index < -0.39 is 0 Å². The Bertz CT molecular complexity index is 581. The van der Waals surface area contributed by atoms with Gasteiger partial charge in [-0.3, -0.25) is 9.78 Å². The summed E-state index contributed by atoms with van der Waals surface area (Å²) in [5.41, 5.74) is 4.83. The molecular formula is C15H19N3OS. The first kappa shape index (κ1) is 14.5. The van der Waals surface area contributed by atoms with Crippen molar-refractivity contribution >= 4 is 28.6 Å². The average molecular weight is 289 g/mol. The van der Waals surface area contributed by atoms with E-state index in [0.717, 1.165) is 16.9 Å². The van der Waals surface area contributed by atoms with Crippen LogP contribution < -0.4 is 10.6 Å². The standard InChI is InChI=1S/C15H19N3OS/c1-4-15(19)18-12-6-5-10(2)13(7-12)17-11(3)14-8-16-9-20-14/h5-9,11,17H,4H2,1-3H3,(H,18,19). The first-order valence-electron chi connectivity index (χ1n) is 6.65. The summed E-state index contributed by atoms with van der Waals surface area (Å²) in [5.74, 6) is 0.0234. The van der Waals surface area contributed by atoms with E-state index in [-0.39, 0.29) is 11.9 Å². The summed E-state index contributed by atoms with van der Waals surface area (Å²) in [4.78, 5) is 16.7. The van der Waals surface area contributed by atoms with E-state index >= 15 is 0 Å². The van der Waals surface area contributed by atoms with E-state index in [1.165, 1.54) is 4.88 Å². The number of carbonyl (C=O) groups is 1. The van der Waals surface area contributed by atoms with Crippen LogP contribution >= 0.6 is 11.3 Å². The lowest BCUT2D eigenvalue weighted by molar-refractivity contribution is -0.115. The Morgan fingerprint density at radius 1 is 1.45 bits per heavy atom. The molecule has 0 aliphatic rings. The minimum absolute atomic E-state index is 0.0234. The molecule has 0 saturated heterocycles. The molecule has 0 bridgehead atoms. The van der Waals surface area contributed by atoms with Crippen molar-refractivity contribution in [1.29, 1.82) is 0 Å². The Morgan fingerprint density at radius 3 is 2.90 bits per heavy atom. The monoisotopic (exact) mass is 289 g/mol. The molecule has 2 aromatic rings. The highest BCUT2D eigenvalue weighted by Gasteiger charge is 2.09. The van der Waals surface area contributed by atoms with Gasteiger partial charge in [-0.15, -0.1) is 11.3 Å². The minimum Gasteiger partial charge on any atom is -0.377 e. The van der Waals surface area contributed by atoms with Gasteiger partial charge in [0, 0.05) is 28.9 Å². The molecule has 1 atom stereocenters. The normalized spacial score (nSPS) is 11.9. The maximum absolute atomic E-state index is 11.4. The summed E-state index contributed by atoms with van der Waals surface area (Å²) in [6.45, 7) is 5.99. The van der Waals surface area contributed by atoms with E-state index in [1.54, 1.807) is 11.3 Å². The van der Waals surface area contributed by atoms with E-state index in [0.29, 0.717) is 6.42 Å². The zero-order valence-corrected chi connectivity index (χ0v) is 12.8. The van der Waals surface area contributed by atoms with Gasteiger partial charge >= 0.3 is 0 Å². The van der Waals surface area contributed by atoms with Crippen LogP contribution in [0.4, 0.5) is 11.4 Å². The second-order valence-electron chi connectivity index (χ2n) is 4.70. The molecule has 0 fully saturated rings. The number of hydrogen-bond acceptors (Lipinski definition) is 4. The SMILES string of the molecule is CCC(=O)Nc1ccc(C)c(NC(C)c2cncs2)c1. The molecule has 1 heterocycles. The molecule has 1 aromatic heterocycles. The highest BCUT2D eigenvalue weighted by molar-refractivity contribution is 7.09. The number of thiazole rings is 1. The Balaban J connectivity index is 2.14. The summed E-state index contributed by atoms with van der Waals surface area (Å²) >= 11 is 1.63. The Hall–Kier alpha value is -1.88. The fraction of sp³-hybridized carbons (Fsp3) is 0.333. The molecule has 1 aromatic carbocycles. The maximum atomic E-state index is 11.4. The molecule has 0 aliphatic heterocycles. The number of rotatable bonds is 5. The molecule has 0 radical (unpaired) electrons. The van der Waals surface area contributed by atoms with Crippen molar-refractivity contribution < 1.29 is 4.79 Å². The molecule has 0 spiro atoms. The smallest absolute Gasteiger partial charge is 0.224 e. The van der Waals surface area contributed by atoms with Crippen molar-refractivity contribution in [3.8, 4) is 0 Å². The lowest BCUT2D eigenvalue weighted by atomic mass is 10.1. The molecule has 1 amide bonds. The Labute approximate surface area is 123 Å². The number of amides is 1. The first-order valence-corrected chi connectivity index (χ1v) is 7.53. The predicted octanol–water partition coefficient (Wildman–Crippen LogP) is 3.97. The fourth-order valence-electron chi connectivity index (χ4n) is 1.85. The van der Waals surface area contributed by atoms with Crippen LogP contribution in [0, 0.1) is 6.92 Å². The highest BCUT2D eigenvalue weighted by Crippen LogP contribution is 2.26. The minimum atomic E-state index is 0.0234. The number of anilines is 2. The van der Waals surface area contributed by atoms with Gasteiger partial charge in [0.2, 0.25) is 5.91 Å². The maximum Gasteiger partial charge on any atom is 0.224 e. The van der Waals surface area contributed by atoms with E-state index in [1.807, 2.05) is 43.8 Å². The van der Waals surface area contributed by atoms with Crippen LogP contribution in [0.3, 0.4) is 0 Å². The van der Waals surface area contributed by atoms with Crippen molar-refractivity contribution in [2.75, 3.05) is 10.6 Å². The number of hydrogen-bond donors (Lipinski definition) is 2. The van der Waals surface area contributed by atoms with Gasteiger partial charge < -0.3 is 10.6 Å². The highest BCUT2D eigenvalue weighted by atomic mass is 32.1. The third kappa shape index (κ3) is 3.57. The number of aryl methyl sites for hydroxylation is 1. The summed E-state index contributed by atoms with van der Waals surface area (Å²) in [6, 6.07) is 6.09. The number of benzene rings is 1. The van der Waals surface area contributed by atoms with E-state index in [2.05, 4.69) is 22.5 Å². The quantitative estimate of drug-likeness (QED) is 0.875. The van der Waals surface area contributed by atoms with Crippen molar-refractivity contribution in [1.82, 2.24) is 4.98 Å². The topological polar surface area (TPSA) is 54.0 Å². The average Bonchev–Trinajstić information content (AvgIpc) is 2.96. The molecule has 0 saturated carbocycles. The molecule has 0 aliphatic carbocycles. The van der Waals surface area contributed by atoms with Gasteiger partial charge in [-0.2, -0.15) is 0 Å². The lowest BCUT2D eigenvalue weighted by Gasteiger charge is -2.16. The molecule has 5 heteroatoms. The fourth-order valence-corrected chi connectivity index (χ4v) is 2.48. The molecule has 1 unspecified atom stereocenters. The van der Waals surface area contributed by atoms with E-state index in [4.69, 9.17) is 0 Å². The molecule has 2 N–H and O–H groups in total. The predicted molar refractivity (Wildman–Crippen MR) is 84.3 cm³/mol. The largest absolute Gasteiger partial charge is 0.377 e. The van der Waals surface area contributed by atoms with Crippen molar-refractivity contribution in [3.05, 3.63) is 40.3 Å². The third-order valence-corrected chi connectivity index (χ3v) is 4.05. The van der Waals surface area contributed by atoms with Gasteiger partial charge in [-0.25, -0.2) is 0 Å². The molecular weight excluding hydrogens is 270 g/mol. The zero-order chi connectivity index (χ0) is 14.5. The van der Waals surface area contributed by atoms with Crippen LogP contribution in [0.1, 0.15) is 36.8 Å². The van der Waals surface area contributed by atoms with Crippen molar-refractivity contribution in [2.45, 2.75) is 33.2 Å². The van der Waals surface area contributed by atoms with Gasteiger partial charge in [0.25, 0.3) is 0 Å². The molecule has 20 heavy (non-hydrogen) atoms. The van der Waals surface area contributed by atoms with Crippen LogP contribution in [0.25, 0.3) is 0 Å². The number of carbonyl (C=O) groups excluding carboxylic acids is 1. The van der Waals surface area contributed by atoms with Crippen LogP contribution in [-0.2, 0) is 4.79 Å². The van der Waals surface area contributed by atoms with Crippen LogP contribution in [0.15, 0.2) is 29.9 Å². The Kier molecular flexibility index (Phi) is 4.74. The number of nitrogens with one attached hydrogen (secondary N) is 2. The number of nitrogens with zero attached hydrogens (tertiary/aromatic N) is 1. The lowest BCUT2D eigenvalue weighted by Crippen LogP contribution is -2.11. The van der Waals surface area contributed by atoms with Crippen LogP contribution in [-0.4, -0.2) is 10.9 Å². The second-order valence-corrected chi connectivity index (χ2v) is 5.62. The van der Waals surface area contributed by atoms with Crippen molar-refractivity contribution in [2.24, 2.45) is 0 Å². The molecule has 106 valence electrons. The van der Waals surface area contributed by atoms with Gasteiger partial charge in [-0.05, 0) is 31.5 Å². The first-order chi connectivity index (χ1) is 9.60. The van der Waals surface area contributed by atoms with Gasteiger partial charge in [-0.1, -0.05) is 13.0 Å². The van der Waals surface area contributed by atoms with E-state index in [9.17, 15) is 4.79 Å². The van der Waals surface area contributed by atoms with Crippen molar-refractivity contribution in [3.63, 3.8) is 0 Å². The number of aromatic nitrogens is 1. The summed E-state index contributed by atoms with van der Waals surface area (Å²) in [6.07, 6.45) is 2.36. The van der Waals surface area contributed by atoms with Gasteiger partial charge in [0.1, 0.15) is 0 Å². The summed E-state index contributed by atoms with van der Waals surface area (Å²) < 4.78 is 0. The van der Waals surface area contributed by atoms with Gasteiger partial charge in [0.15, 0.2) is 0 Å². The Morgan fingerprint density at radius 2 is 2.25 bits per heavy atom. The second kappa shape index (κ2) is 6.52. The van der Waals surface area contributed by atoms with Crippen LogP contribution in [0.5, 0.6) is 0 Å². The van der Waals surface area contributed by atoms with Gasteiger partial charge in [0.05, 0.1) is 11.6 Å². The molecule has 2 rings (SSSR count). The molecule has 4 nitrogen and oxygen atoms in total. The summed E-state index contributed by atoms with van der Waals surface area (Å²) in [7, 11) is 0. The summed E-state index contributed by atoms with van der Waals surface area (Å²) in [5, 5.41) is 6.34. The zero-order valence-electron chi connectivity index (χ0n) is 11.9. The van der Waals surface area contributed by atoms with Crippen LogP contribution in [0.2, 0.25) is 0 Å².